The third kappa shape index (κ3) is 2.74. The van der Waals surface area contributed by atoms with Crippen molar-refractivity contribution >= 4 is 11.6 Å². The van der Waals surface area contributed by atoms with Gasteiger partial charge in [0, 0.05) is 23.3 Å². The zero-order valence-corrected chi connectivity index (χ0v) is 11.5. The molecule has 0 radical (unpaired) electrons. The van der Waals surface area contributed by atoms with Crippen molar-refractivity contribution in [3.63, 3.8) is 0 Å². The molecule has 2 N–H and O–H groups in total. The molecule has 96 valence electrons. The van der Waals surface area contributed by atoms with Crippen molar-refractivity contribution in [3.05, 3.63) is 52.8 Å². The number of hydrogen-bond acceptors (Lipinski definition) is 2. The molecule has 4 heteroatoms. The number of nitrogens with two attached hydrogens (primary N) is 1. The lowest BCUT2D eigenvalue weighted by Crippen LogP contribution is -2.35. The summed E-state index contributed by atoms with van der Waals surface area (Å²) in [6.07, 6.45) is 4.62. The smallest absolute Gasteiger partial charge is 0.0522 e. The number of aromatic nitrogens is 2. The molecule has 2 rings (SSSR count). The van der Waals surface area contributed by atoms with Crippen molar-refractivity contribution in [2.45, 2.75) is 32.4 Å². The summed E-state index contributed by atoms with van der Waals surface area (Å²) < 4.78 is 1.90. The fourth-order valence-electron chi connectivity index (χ4n) is 2.11. The van der Waals surface area contributed by atoms with Gasteiger partial charge >= 0.3 is 0 Å². The Hall–Kier alpha value is -1.32. The predicted octanol–water partition coefficient (Wildman–Crippen LogP) is 2.97. The maximum absolute atomic E-state index is 6.40. The van der Waals surface area contributed by atoms with Crippen LogP contribution in [0.25, 0.3) is 0 Å². The minimum atomic E-state index is -0.486. The van der Waals surface area contributed by atoms with E-state index in [1.807, 2.05) is 48.3 Å². The van der Waals surface area contributed by atoms with Gasteiger partial charge in [-0.3, -0.25) is 4.68 Å². The maximum Gasteiger partial charge on any atom is 0.0522 e. The monoisotopic (exact) mass is 263 g/mol. The van der Waals surface area contributed by atoms with E-state index in [9.17, 15) is 0 Å². The lowest BCUT2D eigenvalue weighted by atomic mass is 9.87. The topological polar surface area (TPSA) is 43.8 Å². The summed E-state index contributed by atoms with van der Waals surface area (Å²) in [4.78, 5) is 0. The van der Waals surface area contributed by atoms with E-state index in [1.54, 1.807) is 0 Å². The van der Waals surface area contributed by atoms with Gasteiger partial charge in [0.2, 0.25) is 0 Å². The zero-order valence-electron chi connectivity index (χ0n) is 10.7. The van der Waals surface area contributed by atoms with Crippen molar-refractivity contribution in [1.29, 1.82) is 0 Å². The molecule has 1 atom stereocenters. The van der Waals surface area contributed by atoms with E-state index < -0.39 is 5.54 Å². The van der Waals surface area contributed by atoms with Crippen molar-refractivity contribution in [1.82, 2.24) is 9.78 Å². The van der Waals surface area contributed by atoms with Gasteiger partial charge in [0.1, 0.15) is 0 Å². The van der Waals surface area contributed by atoms with Gasteiger partial charge in [0.05, 0.1) is 6.20 Å². The van der Waals surface area contributed by atoms with Crippen LogP contribution in [-0.4, -0.2) is 9.78 Å². The Labute approximate surface area is 113 Å². The number of hydrogen-bond donors (Lipinski definition) is 1. The first-order valence-electron chi connectivity index (χ1n) is 6.08. The molecule has 2 aromatic rings. The number of benzene rings is 1. The zero-order chi connectivity index (χ0) is 13.2. The number of rotatable bonds is 4. The summed E-state index contributed by atoms with van der Waals surface area (Å²) in [5.41, 5.74) is 8.01. The third-order valence-corrected chi connectivity index (χ3v) is 3.40. The Bertz CT molecular complexity index is 531. The molecule has 1 unspecified atom stereocenters. The molecular weight excluding hydrogens is 246 g/mol. The normalized spacial score (nSPS) is 14.4. The summed E-state index contributed by atoms with van der Waals surface area (Å²) in [6.45, 7) is 4.93. The highest BCUT2D eigenvalue weighted by Crippen LogP contribution is 2.28. The minimum absolute atomic E-state index is 0.486. The van der Waals surface area contributed by atoms with E-state index in [0.29, 0.717) is 5.02 Å². The minimum Gasteiger partial charge on any atom is -0.321 e. The summed E-state index contributed by atoms with van der Waals surface area (Å²) in [6, 6.07) is 7.73. The summed E-state index contributed by atoms with van der Waals surface area (Å²) >= 11 is 6.21. The van der Waals surface area contributed by atoms with Crippen LogP contribution < -0.4 is 5.73 Å². The van der Waals surface area contributed by atoms with Gasteiger partial charge in [-0.25, -0.2) is 0 Å². The maximum atomic E-state index is 6.40. The van der Waals surface area contributed by atoms with E-state index >= 15 is 0 Å². The van der Waals surface area contributed by atoms with Crippen molar-refractivity contribution in [2.24, 2.45) is 5.73 Å². The molecule has 1 aromatic heterocycles. The Morgan fingerprint density at radius 3 is 2.72 bits per heavy atom. The fourth-order valence-corrected chi connectivity index (χ4v) is 2.47. The Morgan fingerprint density at radius 1 is 1.39 bits per heavy atom. The molecule has 1 heterocycles. The van der Waals surface area contributed by atoms with Gasteiger partial charge in [0.15, 0.2) is 0 Å². The van der Waals surface area contributed by atoms with Crippen LogP contribution in [0.2, 0.25) is 5.02 Å². The Morgan fingerprint density at radius 2 is 2.11 bits per heavy atom. The van der Waals surface area contributed by atoms with Gasteiger partial charge in [-0.1, -0.05) is 29.8 Å². The van der Waals surface area contributed by atoms with Crippen molar-refractivity contribution < 1.29 is 0 Å². The van der Waals surface area contributed by atoms with Gasteiger partial charge < -0.3 is 5.73 Å². The molecule has 0 fully saturated rings. The lowest BCUT2D eigenvalue weighted by Gasteiger charge is -2.25. The Balaban J connectivity index is 2.24. The predicted molar refractivity (Wildman–Crippen MR) is 74.6 cm³/mol. The molecule has 18 heavy (non-hydrogen) atoms. The van der Waals surface area contributed by atoms with Crippen LogP contribution in [0.4, 0.5) is 0 Å². The molecule has 0 spiro atoms. The molecule has 0 aliphatic carbocycles. The molecule has 3 nitrogen and oxygen atoms in total. The van der Waals surface area contributed by atoms with Crippen molar-refractivity contribution in [3.8, 4) is 0 Å². The Kier molecular flexibility index (Phi) is 3.73. The summed E-state index contributed by atoms with van der Waals surface area (Å²) in [7, 11) is 0. The highest BCUT2D eigenvalue weighted by atomic mass is 35.5. The van der Waals surface area contributed by atoms with Gasteiger partial charge in [0.25, 0.3) is 0 Å². The van der Waals surface area contributed by atoms with E-state index in [4.69, 9.17) is 17.3 Å². The second-order valence-electron chi connectivity index (χ2n) is 4.78. The molecule has 0 saturated heterocycles. The molecule has 0 aliphatic heterocycles. The quantitative estimate of drug-likeness (QED) is 0.922. The molecular formula is C14H18ClN3. The van der Waals surface area contributed by atoms with Crippen molar-refractivity contribution in [2.75, 3.05) is 0 Å². The average molecular weight is 264 g/mol. The van der Waals surface area contributed by atoms with E-state index in [2.05, 4.69) is 12.0 Å². The van der Waals surface area contributed by atoms with Crippen LogP contribution in [0.1, 0.15) is 25.0 Å². The molecule has 0 aliphatic rings. The first-order valence-corrected chi connectivity index (χ1v) is 6.46. The lowest BCUT2D eigenvalue weighted by molar-refractivity contribution is 0.491. The molecule has 0 bridgehead atoms. The van der Waals surface area contributed by atoms with Gasteiger partial charge in [-0.15, -0.1) is 0 Å². The van der Waals surface area contributed by atoms with Crippen LogP contribution in [0.3, 0.4) is 0 Å². The molecule has 1 aromatic carbocycles. The van der Waals surface area contributed by atoms with E-state index in [0.717, 1.165) is 24.1 Å². The summed E-state index contributed by atoms with van der Waals surface area (Å²) in [5, 5.41) is 4.98. The fraction of sp³-hybridized carbons (Fsp3) is 0.357. The first-order chi connectivity index (χ1) is 8.53. The molecule has 0 saturated carbocycles. The highest BCUT2D eigenvalue weighted by molar-refractivity contribution is 6.31. The van der Waals surface area contributed by atoms with Crippen LogP contribution in [0.5, 0.6) is 0 Å². The van der Waals surface area contributed by atoms with Crippen LogP contribution in [0, 0.1) is 0 Å². The van der Waals surface area contributed by atoms with Crippen LogP contribution in [-0.2, 0) is 18.5 Å². The standard InChI is InChI=1S/C14H18ClN3/c1-3-18-10-11(9-17-18)8-14(2,16)12-6-4-5-7-13(12)15/h4-7,9-10H,3,8,16H2,1-2H3. The number of halogens is 1. The number of nitrogens with zero attached hydrogens (tertiary/aromatic N) is 2. The van der Waals surface area contributed by atoms with Crippen LogP contribution >= 0.6 is 11.6 Å². The largest absolute Gasteiger partial charge is 0.321 e. The number of aryl methyl sites for hydroxylation is 1. The van der Waals surface area contributed by atoms with E-state index in [-0.39, 0.29) is 0 Å². The first kappa shape index (κ1) is 13.1. The van der Waals surface area contributed by atoms with Crippen LogP contribution in [0.15, 0.2) is 36.7 Å². The van der Waals surface area contributed by atoms with Gasteiger partial charge in [-0.05, 0) is 37.5 Å². The third-order valence-electron chi connectivity index (χ3n) is 3.07. The second-order valence-corrected chi connectivity index (χ2v) is 5.19. The van der Waals surface area contributed by atoms with E-state index in [1.165, 1.54) is 0 Å². The summed E-state index contributed by atoms with van der Waals surface area (Å²) in [5.74, 6) is 0. The highest BCUT2D eigenvalue weighted by Gasteiger charge is 2.24. The van der Waals surface area contributed by atoms with Gasteiger partial charge in [-0.2, -0.15) is 5.10 Å². The second kappa shape index (κ2) is 5.12. The molecule has 0 amide bonds. The SMILES string of the molecule is CCn1cc(CC(C)(N)c2ccccc2Cl)cn1. The average Bonchev–Trinajstić information content (AvgIpc) is 2.76.